The molecule has 0 unspecified atom stereocenters. The standard InChI is InChI=1S/C23H23Cl2N5O5/c24-20-12-30(22(25)28-20)16-4-2-14-1-3-15(27-18(14)9-16)13-34-21(31)19-10-17(11-26-19)35-23(32)29-5-7-33-8-6-29/h1-4,9,12,17,19,26H,5-8,10-11,13H2/t17-,19+/m1/s1. The quantitative estimate of drug-likeness (QED) is 0.512. The average molecular weight is 520 g/mol. The number of nitrogens with zero attached hydrogens (tertiary/aromatic N) is 4. The molecule has 2 aliphatic heterocycles. The zero-order valence-electron chi connectivity index (χ0n) is 18.7. The van der Waals surface area contributed by atoms with Gasteiger partial charge in [-0.3, -0.25) is 9.36 Å². The van der Waals surface area contributed by atoms with E-state index in [2.05, 4.69) is 15.3 Å². The van der Waals surface area contributed by atoms with Crippen molar-refractivity contribution in [2.75, 3.05) is 32.8 Å². The predicted molar refractivity (Wildman–Crippen MR) is 128 cm³/mol. The molecule has 1 aromatic carbocycles. The van der Waals surface area contributed by atoms with Crippen LogP contribution in [0.3, 0.4) is 0 Å². The van der Waals surface area contributed by atoms with Crippen LogP contribution in [0.15, 0.2) is 36.5 Å². The van der Waals surface area contributed by atoms with Crippen molar-refractivity contribution < 1.29 is 23.8 Å². The number of morpholine rings is 1. The number of ether oxygens (including phenoxy) is 3. The third-order valence-corrected chi connectivity index (χ3v) is 6.37. The summed E-state index contributed by atoms with van der Waals surface area (Å²) in [6, 6.07) is 8.84. The molecular formula is C23H23Cl2N5O5. The number of amides is 1. The van der Waals surface area contributed by atoms with Crippen molar-refractivity contribution in [3.8, 4) is 5.69 Å². The van der Waals surface area contributed by atoms with E-state index in [4.69, 9.17) is 37.4 Å². The molecule has 2 saturated heterocycles. The SMILES string of the molecule is O=C(OCc1ccc2ccc(-n3cc(Cl)nc3Cl)cc2n1)[C@@H]1C[C@@H](OC(=O)N2CCOCC2)CN1. The highest BCUT2D eigenvalue weighted by atomic mass is 35.5. The molecule has 1 amide bonds. The lowest BCUT2D eigenvalue weighted by molar-refractivity contribution is -0.147. The summed E-state index contributed by atoms with van der Waals surface area (Å²) in [5.74, 6) is -0.412. The zero-order valence-corrected chi connectivity index (χ0v) is 20.2. The molecule has 1 N–H and O–H groups in total. The molecule has 2 aliphatic rings. The number of fused-ring (bicyclic) bond motifs is 1. The summed E-state index contributed by atoms with van der Waals surface area (Å²) >= 11 is 12.1. The molecule has 0 aliphatic carbocycles. The van der Waals surface area contributed by atoms with Crippen molar-refractivity contribution in [1.82, 2.24) is 24.8 Å². The van der Waals surface area contributed by atoms with Gasteiger partial charge in [0.2, 0.25) is 5.28 Å². The maximum Gasteiger partial charge on any atom is 0.410 e. The van der Waals surface area contributed by atoms with Crippen LogP contribution in [0, 0.1) is 0 Å². The Morgan fingerprint density at radius 2 is 1.94 bits per heavy atom. The first-order valence-corrected chi connectivity index (χ1v) is 12.0. The Bertz CT molecular complexity index is 1250. The number of carbonyl (C=O) groups excluding carboxylic acids is 2. The van der Waals surface area contributed by atoms with Crippen LogP contribution in [-0.4, -0.2) is 76.5 Å². The van der Waals surface area contributed by atoms with Gasteiger partial charge in [-0.15, -0.1) is 0 Å². The van der Waals surface area contributed by atoms with Gasteiger partial charge in [-0.2, -0.15) is 0 Å². The monoisotopic (exact) mass is 519 g/mol. The highest BCUT2D eigenvalue weighted by Gasteiger charge is 2.34. The maximum absolute atomic E-state index is 12.6. The summed E-state index contributed by atoms with van der Waals surface area (Å²) in [6.07, 6.45) is 1.21. The number of pyridine rings is 1. The van der Waals surface area contributed by atoms with Crippen LogP contribution in [-0.2, 0) is 25.6 Å². The number of esters is 1. The number of hydrogen-bond donors (Lipinski definition) is 1. The number of imidazole rings is 1. The smallest absolute Gasteiger partial charge is 0.410 e. The van der Waals surface area contributed by atoms with Gasteiger partial charge < -0.3 is 24.4 Å². The van der Waals surface area contributed by atoms with Crippen molar-refractivity contribution >= 4 is 46.2 Å². The Balaban J connectivity index is 1.17. The Kier molecular flexibility index (Phi) is 7.05. The van der Waals surface area contributed by atoms with Gasteiger partial charge in [0.1, 0.15) is 23.9 Å². The highest BCUT2D eigenvalue weighted by molar-refractivity contribution is 6.32. The van der Waals surface area contributed by atoms with Crippen molar-refractivity contribution in [1.29, 1.82) is 0 Å². The Labute approximate surface area is 211 Å². The van der Waals surface area contributed by atoms with Gasteiger partial charge in [0, 0.05) is 37.6 Å². The summed E-state index contributed by atoms with van der Waals surface area (Å²) < 4.78 is 17.9. The fourth-order valence-electron chi connectivity index (χ4n) is 4.07. The van der Waals surface area contributed by atoms with Gasteiger partial charge in [-0.1, -0.05) is 23.7 Å². The number of nitrogens with one attached hydrogen (secondary N) is 1. The normalized spacial score (nSPS) is 20.2. The van der Waals surface area contributed by atoms with E-state index < -0.39 is 12.0 Å². The molecule has 2 fully saturated rings. The van der Waals surface area contributed by atoms with Crippen molar-refractivity contribution in [2.45, 2.75) is 25.2 Å². The number of aromatic nitrogens is 3. The second-order valence-electron chi connectivity index (χ2n) is 8.29. The molecule has 12 heteroatoms. The lowest BCUT2D eigenvalue weighted by atomic mass is 10.2. The van der Waals surface area contributed by atoms with E-state index in [1.165, 1.54) is 0 Å². The highest BCUT2D eigenvalue weighted by Crippen LogP contribution is 2.23. The lowest BCUT2D eigenvalue weighted by Crippen LogP contribution is -2.42. The average Bonchev–Trinajstić information content (AvgIpc) is 3.48. The van der Waals surface area contributed by atoms with E-state index in [-0.39, 0.29) is 24.1 Å². The van der Waals surface area contributed by atoms with E-state index in [0.717, 1.165) is 11.1 Å². The van der Waals surface area contributed by atoms with Crippen molar-refractivity contribution in [3.05, 3.63) is 52.7 Å². The summed E-state index contributed by atoms with van der Waals surface area (Å²) in [5.41, 5.74) is 2.08. The molecule has 4 heterocycles. The minimum atomic E-state index is -0.544. The van der Waals surface area contributed by atoms with Crippen LogP contribution in [0.4, 0.5) is 4.79 Å². The molecule has 0 saturated carbocycles. The largest absolute Gasteiger partial charge is 0.458 e. The minimum absolute atomic E-state index is 0.0209. The molecule has 184 valence electrons. The topological polar surface area (TPSA) is 108 Å². The van der Waals surface area contributed by atoms with E-state index >= 15 is 0 Å². The van der Waals surface area contributed by atoms with Gasteiger partial charge in [-0.25, -0.2) is 14.8 Å². The molecular weight excluding hydrogens is 497 g/mol. The summed E-state index contributed by atoms with van der Waals surface area (Å²) in [4.78, 5) is 35.1. The zero-order chi connectivity index (χ0) is 24.4. The van der Waals surface area contributed by atoms with Gasteiger partial charge in [0.15, 0.2) is 0 Å². The third-order valence-electron chi connectivity index (χ3n) is 5.92. The number of carbonyl (C=O) groups is 2. The second kappa shape index (κ2) is 10.4. The molecule has 0 bridgehead atoms. The van der Waals surface area contributed by atoms with Crippen LogP contribution in [0.1, 0.15) is 12.1 Å². The summed E-state index contributed by atoms with van der Waals surface area (Å²) in [7, 11) is 0. The minimum Gasteiger partial charge on any atom is -0.458 e. The molecule has 2 atom stereocenters. The molecule has 0 spiro atoms. The number of halogens is 2. The van der Waals surface area contributed by atoms with E-state index in [9.17, 15) is 9.59 Å². The second-order valence-corrected chi connectivity index (χ2v) is 9.02. The van der Waals surface area contributed by atoms with Gasteiger partial charge >= 0.3 is 12.1 Å². The van der Waals surface area contributed by atoms with E-state index in [0.29, 0.717) is 55.6 Å². The fourth-order valence-corrected chi connectivity index (χ4v) is 4.53. The van der Waals surface area contributed by atoms with Crippen LogP contribution in [0.2, 0.25) is 10.4 Å². The predicted octanol–water partition coefficient (Wildman–Crippen LogP) is 2.97. The van der Waals surface area contributed by atoms with Crippen LogP contribution >= 0.6 is 23.2 Å². The summed E-state index contributed by atoms with van der Waals surface area (Å²) in [5, 5.41) is 4.53. The first kappa shape index (κ1) is 23.8. The first-order chi connectivity index (χ1) is 17.0. The van der Waals surface area contributed by atoms with Crippen LogP contribution < -0.4 is 5.32 Å². The first-order valence-electron chi connectivity index (χ1n) is 11.2. The number of benzene rings is 1. The van der Waals surface area contributed by atoms with Crippen molar-refractivity contribution in [2.24, 2.45) is 0 Å². The van der Waals surface area contributed by atoms with Gasteiger partial charge in [0.25, 0.3) is 0 Å². The Hall–Kier alpha value is -2.92. The molecule has 0 radical (unpaired) electrons. The molecule has 10 nitrogen and oxygen atoms in total. The lowest BCUT2D eigenvalue weighted by Gasteiger charge is -2.27. The van der Waals surface area contributed by atoms with E-state index in [1.807, 2.05) is 30.3 Å². The maximum atomic E-state index is 12.6. The number of hydrogen-bond acceptors (Lipinski definition) is 8. The number of rotatable bonds is 5. The molecule has 5 rings (SSSR count). The Morgan fingerprint density at radius 3 is 2.71 bits per heavy atom. The van der Waals surface area contributed by atoms with Crippen LogP contribution in [0.25, 0.3) is 16.6 Å². The van der Waals surface area contributed by atoms with Crippen molar-refractivity contribution in [3.63, 3.8) is 0 Å². The molecule has 2 aromatic heterocycles. The van der Waals surface area contributed by atoms with Gasteiger partial charge in [-0.05, 0) is 29.8 Å². The molecule has 3 aromatic rings. The molecule has 35 heavy (non-hydrogen) atoms. The Morgan fingerprint density at radius 1 is 1.14 bits per heavy atom. The van der Waals surface area contributed by atoms with Gasteiger partial charge in [0.05, 0.1) is 30.1 Å². The van der Waals surface area contributed by atoms with Crippen LogP contribution in [0.5, 0.6) is 0 Å². The van der Waals surface area contributed by atoms with E-state index in [1.54, 1.807) is 15.7 Å². The fraction of sp³-hybridized carbons (Fsp3) is 0.391. The third kappa shape index (κ3) is 5.51. The summed E-state index contributed by atoms with van der Waals surface area (Å²) in [6.45, 7) is 2.44.